The first kappa shape index (κ1) is 16.1. The van der Waals surface area contributed by atoms with Crippen molar-refractivity contribution in [2.24, 2.45) is 5.92 Å². The molecule has 1 aliphatic rings. The zero-order chi connectivity index (χ0) is 14.1. The zero-order valence-corrected chi connectivity index (χ0v) is 12.4. The molecule has 1 rings (SSSR count). The van der Waals surface area contributed by atoms with E-state index in [4.69, 9.17) is 5.11 Å². The molecule has 2 N–H and O–H groups in total. The molecule has 110 valence electrons. The Kier molecular flexibility index (Phi) is 7.70. The van der Waals surface area contributed by atoms with E-state index >= 15 is 0 Å². The summed E-state index contributed by atoms with van der Waals surface area (Å²) in [6.45, 7) is 1.58. The molecule has 1 saturated heterocycles. The molecule has 0 saturated carbocycles. The Hall–Kier alpha value is -0.910. The van der Waals surface area contributed by atoms with Crippen LogP contribution in [0.4, 0.5) is 4.79 Å². The van der Waals surface area contributed by atoms with Crippen molar-refractivity contribution in [3.8, 4) is 0 Å². The van der Waals surface area contributed by atoms with Crippen molar-refractivity contribution in [2.45, 2.75) is 32.1 Å². The van der Waals surface area contributed by atoms with Crippen LogP contribution in [0.1, 0.15) is 32.1 Å². The van der Waals surface area contributed by atoms with E-state index in [0.29, 0.717) is 26.1 Å². The van der Waals surface area contributed by atoms with Crippen molar-refractivity contribution >= 4 is 23.8 Å². The maximum atomic E-state index is 11.8. The number of rotatable bonds is 8. The zero-order valence-electron chi connectivity index (χ0n) is 11.6. The molecule has 0 spiro atoms. The van der Waals surface area contributed by atoms with E-state index in [1.807, 2.05) is 11.8 Å². The molecule has 5 nitrogen and oxygen atoms in total. The number of nitrogens with one attached hydrogen (secondary N) is 1. The summed E-state index contributed by atoms with van der Waals surface area (Å²) in [6, 6.07) is -0.118. The lowest BCUT2D eigenvalue weighted by molar-refractivity contribution is -0.141. The molecule has 1 heterocycles. The van der Waals surface area contributed by atoms with Gasteiger partial charge < -0.3 is 15.3 Å². The number of carbonyl (C=O) groups is 2. The fourth-order valence-electron chi connectivity index (χ4n) is 2.18. The highest BCUT2D eigenvalue weighted by molar-refractivity contribution is 7.98. The molecule has 6 heteroatoms. The molecule has 19 heavy (non-hydrogen) atoms. The smallest absolute Gasteiger partial charge is 0.317 e. The van der Waals surface area contributed by atoms with E-state index < -0.39 is 11.9 Å². The predicted octanol–water partition coefficient (Wildman–Crippen LogP) is 2.03. The molecule has 1 unspecified atom stereocenters. The van der Waals surface area contributed by atoms with Crippen molar-refractivity contribution in [2.75, 3.05) is 31.6 Å². The van der Waals surface area contributed by atoms with Gasteiger partial charge in [0.05, 0.1) is 5.92 Å². The highest BCUT2D eigenvalue weighted by atomic mass is 32.2. The van der Waals surface area contributed by atoms with Crippen molar-refractivity contribution < 1.29 is 14.7 Å². The molecule has 0 aromatic heterocycles. The molecule has 0 aliphatic carbocycles. The minimum Gasteiger partial charge on any atom is -0.481 e. The fraction of sp³-hybridized carbons (Fsp3) is 0.846. The van der Waals surface area contributed by atoms with Crippen LogP contribution in [0.2, 0.25) is 0 Å². The van der Waals surface area contributed by atoms with Crippen LogP contribution in [0.3, 0.4) is 0 Å². The third kappa shape index (κ3) is 6.18. The number of unbranched alkanes of at least 4 members (excludes halogenated alkanes) is 3. The van der Waals surface area contributed by atoms with Gasteiger partial charge in [0.15, 0.2) is 0 Å². The van der Waals surface area contributed by atoms with Gasteiger partial charge in [-0.2, -0.15) is 11.8 Å². The van der Waals surface area contributed by atoms with Gasteiger partial charge in [0.2, 0.25) is 0 Å². The summed E-state index contributed by atoms with van der Waals surface area (Å²) in [5.41, 5.74) is 0. The third-order valence-corrected chi connectivity index (χ3v) is 4.07. The van der Waals surface area contributed by atoms with E-state index in [-0.39, 0.29) is 6.03 Å². The van der Waals surface area contributed by atoms with E-state index in [2.05, 4.69) is 11.6 Å². The SMILES string of the molecule is CSCCCCCCNC(=O)N1CCC(C(=O)O)C1. The van der Waals surface area contributed by atoms with Crippen molar-refractivity contribution in [1.82, 2.24) is 10.2 Å². The van der Waals surface area contributed by atoms with Crippen molar-refractivity contribution in [3.63, 3.8) is 0 Å². The van der Waals surface area contributed by atoms with Gasteiger partial charge in [-0.25, -0.2) is 4.79 Å². The van der Waals surface area contributed by atoms with E-state index in [9.17, 15) is 9.59 Å². The average molecular weight is 288 g/mol. The first-order valence-electron chi connectivity index (χ1n) is 6.89. The Labute approximate surface area is 119 Å². The lowest BCUT2D eigenvalue weighted by atomic mass is 10.1. The second kappa shape index (κ2) is 9.07. The summed E-state index contributed by atoms with van der Waals surface area (Å²) in [4.78, 5) is 24.2. The van der Waals surface area contributed by atoms with Crippen LogP contribution in [0.15, 0.2) is 0 Å². The molecule has 1 atom stereocenters. The maximum Gasteiger partial charge on any atom is 0.317 e. The van der Waals surface area contributed by atoms with Crippen LogP contribution in [0.25, 0.3) is 0 Å². The van der Waals surface area contributed by atoms with Gasteiger partial charge >= 0.3 is 12.0 Å². The number of thioether (sulfide) groups is 1. The summed E-state index contributed by atoms with van der Waals surface area (Å²) in [7, 11) is 0. The number of carboxylic acid groups (broad SMARTS) is 1. The van der Waals surface area contributed by atoms with Gasteiger partial charge in [0.25, 0.3) is 0 Å². The Bertz CT molecular complexity index is 300. The number of amides is 2. The molecular formula is C13H24N2O3S. The monoisotopic (exact) mass is 288 g/mol. The second-order valence-electron chi connectivity index (χ2n) is 4.91. The molecule has 0 bridgehead atoms. The van der Waals surface area contributed by atoms with Gasteiger partial charge in [-0.3, -0.25) is 4.79 Å². The van der Waals surface area contributed by atoms with Crippen LogP contribution >= 0.6 is 11.8 Å². The molecule has 1 fully saturated rings. The number of nitrogens with zero attached hydrogens (tertiary/aromatic N) is 1. The van der Waals surface area contributed by atoms with Gasteiger partial charge in [0.1, 0.15) is 0 Å². The normalized spacial score (nSPS) is 18.6. The number of urea groups is 1. The number of carboxylic acids is 1. The van der Waals surface area contributed by atoms with Crippen LogP contribution < -0.4 is 5.32 Å². The maximum absolute atomic E-state index is 11.8. The Balaban J connectivity index is 2.04. The highest BCUT2D eigenvalue weighted by Gasteiger charge is 2.30. The summed E-state index contributed by atoms with van der Waals surface area (Å²) < 4.78 is 0. The molecule has 2 amide bonds. The topological polar surface area (TPSA) is 69.6 Å². The standard InChI is InChI=1S/C13H24N2O3S/c1-19-9-5-3-2-4-7-14-13(18)15-8-6-11(10-15)12(16)17/h11H,2-10H2,1H3,(H,14,18)(H,16,17). The summed E-state index contributed by atoms with van der Waals surface area (Å²) in [5, 5.41) is 11.7. The Morgan fingerprint density at radius 1 is 1.32 bits per heavy atom. The summed E-state index contributed by atoms with van der Waals surface area (Å²) in [6.07, 6.45) is 7.26. The van der Waals surface area contributed by atoms with Crippen molar-refractivity contribution in [1.29, 1.82) is 0 Å². The highest BCUT2D eigenvalue weighted by Crippen LogP contribution is 2.16. The predicted molar refractivity (Wildman–Crippen MR) is 77.6 cm³/mol. The quantitative estimate of drug-likeness (QED) is 0.671. The number of aliphatic carboxylic acids is 1. The number of hydrogen-bond donors (Lipinski definition) is 2. The number of hydrogen-bond acceptors (Lipinski definition) is 3. The Morgan fingerprint density at radius 2 is 2.05 bits per heavy atom. The van der Waals surface area contributed by atoms with Gasteiger partial charge in [-0.1, -0.05) is 12.8 Å². The Morgan fingerprint density at radius 3 is 2.68 bits per heavy atom. The molecule has 1 aliphatic heterocycles. The molecule has 0 aromatic rings. The fourth-order valence-corrected chi connectivity index (χ4v) is 2.67. The lowest BCUT2D eigenvalue weighted by Crippen LogP contribution is -2.39. The minimum atomic E-state index is -0.802. The first-order valence-corrected chi connectivity index (χ1v) is 8.29. The first-order chi connectivity index (χ1) is 9.15. The van der Waals surface area contributed by atoms with Gasteiger partial charge in [0, 0.05) is 19.6 Å². The lowest BCUT2D eigenvalue weighted by Gasteiger charge is -2.16. The second-order valence-corrected chi connectivity index (χ2v) is 5.89. The largest absolute Gasteiger partial charge is 0.481 e. The van der Waals surface area contributed by atoms with Gasteiger partial charge in [-0.15, -0.1) is 0 Å². The van der Waals surface area contributed by atoms with E-state index in [1.54, 1.807) is 4.90 Å². The van der Waals surface area contributed by atoms with Crippen LogP contribution in [-0.2, 0) is 4.79 Å². The molecular weight excluding hydrogens is 264 g/mol. The van der Waals surface area contributed by atoms with Crippen LogP contribution in [-0.4, -0.2) is 53.6 Å². The van der Waals surface area contributed by atoms with Crippen LogP contribution in [0, 0.1) is 5.92 Å². The van der Waals surface area contributed by atoms with Gasteiger partial charge in [-0.05, 0) is 31.3 Å². The van der Waals surface area contributed by atoms with Crippen LogP contribution in [0.5, 0.6) is 0 Å². The number of likely N-dealkylation sites (tertiary alicyclic amines) is 1. The number of carbonyl (C=O) groups excluding carboxylic acids is 1. The van der Waals surface area contributed by atoms with E-state index in [0.717, 1.165) is 12.8 Å². The van der Waals surface area contributed by atoms with Crippen molar-refractivity contribution in [3.05, 3.63) is 0 Å². The summed E-state index contributed by atoms with van der Waals surface area (Å²) >= 11 is 1.87. The van der Waals surface area contributed by atoms with E-state index in [1.165, 1.54) is 18.6 Å². The minimum absolute atomic E-state index is 0.118. The molecule has 0 radical (unpaired) electrons. The molecule has 0 aromatic carbocycles. The average Bonchev–Trinajstić information content (AvgIpc) is 2.87. The third-order valence-electron chi connectivity index (χ3n) is 3.38. The summed E-state index contributed by atoms with van der Waals surface area (Å²) in [5.74, 6) is 0.0119.